The van der Waals surface area contributed by atoms with Crippen LogP contribution in [0.1, 0.15) is 41.3 Å². The number of aliphatic carboxylic acids is 1. The molecule has 0 saturated carbocycles. The van der Waals surface area contributed by atoms with E-state index in [0.29, 0.717) is 23.3 Å². The Morgan fingerprint density at radius 3 is 2.28 bits per heavy atom. The summed E-state index contributed by atoms with van der Waals surface area (Å²) in [5, 5.41) is 15.5. The first-order valence-corrected chi connectivity index (χ1v) is 14.6. The molecule has 0 aliphatic carbocycles. The van der Waals surface area contributed by atoms with Crippen molar-refractivity contribution in [1.29, 1.82) is 0 Å². The number of nitrogens with two attached hydrogens (primary N) is 1. The van der Waals surface area contributed by atoms with E-state index in [-0.39, 0.29) is 37.5 Å². The number of carboxylic acid groups (broad SMARTS) is 1. The van der Waals surface area contributed by atoms with Crippen LogP contribution in [0.3, 0.4) is 0 Å². The van der Waals surface area contributed by atoms with Gasteiger partial charge >= 0.3 is 18.1 Å². The van der Waals surface area contributed by atoms with Crippen LogP contribution < -0.4 is 15.8 Å². The van der Waals surface area contributed by atoms with E-state index in [1.165, 1.54) is 31.4 Å². The molecule has 16 nitrogen and oxygen atoms in total. The molecule has 1 aliphatic rings. The number of piperazine rings is 1. The number of amides is 3. The molecule has 252 valence electrons. The average Bonchev–Trinajstić information content (AvgIpc) is 3.07. The fourth-order valence-corrected chi connectivity index (χ4v) is 4.64. The predicted octanol–water partition coefficient (Wildman–Crippen LogP) is 0.907. The average molecular weight is 656 g/mol. The number of nitrogens with one attached hydrogen (secondary N) is 1. The van der Waals surface area contributed by atoms with Gasteiger partial charge in [-0.2, -0.15) is 0 Å². The Kier molecular flexibility index (Phi) is 13.1. The van der Waals surface area contributed by atoms with E-state index in [2.05, 4.69) is 15.3 Å². The standard InChI is InChI=1S/C31H37N5O11/c1-4-15-46-31(43)47-34-27(32)20-7-9-21(10-8-20)28(40)33-23(16-19-5-11-22(44-2)12-6-19)29(41)36-14-13-35(18-25(37)38)30(42)24(36)17-26(39)45-3/h5-12,23-24H,4,13-18H2,1-3H3,(H2,32,34)(H,33,40)(H,37,38)/t23-,24-/m0/s1. The summed E-state index contributed by atoms with van der Waals surface area (Å²) in [6, 6.07) is 10.0. The fraction of sp³-hybridized carbons (Fsp3) is 0.387. The van der Waals surface area contributed by atoms with E-state index in [1.54, 1.807) is 24.3 Å². The maximum absolute atomic E-state index is 14.0. The Labute approximate surface area is 270 Å². The number of nitrogens with zero attached hydrogens (tertiary/aromatic N) is 3. The van der Waals surface area contributed by atoms with Gasteiger partial charge in [0.2, 0.25) is 11.8 Å². The number of oxime groups is 1. The van der Waals surface area contributed by atoms with E-state index in [1.807, 2.05) is 6.92 Å². The molecule has 47 heavy (non-hydrogen) atoms. The third kappa shape index (κ3) is 10.2. The molecule has 2 atom stereocenters. The van der Waals surface area contributed by atoms with Gasteiger partial charge in [-0.15, -0.1) is 0 Å². The SMILES string of the molecule is CCCOC(=O)ON=C(N)c1ccc(C(=O)N[C@@H](Cc2ccc(OC)cc2)C(=O)N2CCN(CC(=O)O)C(=O)[C@@H]2CC(=O)OC)cc1. The van der Waals surface area contributed by atoms with Gasteiger partial charge in [-0.05, 0) is 36.2 Å². The first kappa shape index (κ1) is 35.8. The largest absolute Gasteiger partial charge is 0.535 e. The predicted molar refractivity (Wildman–Crippen MR) is 164 cm³/mol. The molecule has 0 unspecified atom stereocenters. The van der Waals surface area contributed by atoms with Crippen LogP contribution >= 0.6 is 0 Å². The van der Waals surface area contributed by atoms with Gasteiger partial charge in [-0.25, -0.2) is 4.79 Å². The number of amidine groups is 1. The zero-order valence-electron chi connectivity index (χ0n) is 26.2. The molecule has 0 spiro atoms. The molecule has 16 heteroatoms. The minimum Gasteiger partial charge on any atom is -0.497 e. The summed E-state index contributed by atoms with van der Waals surface area (Å²) in [4.78, 5) is 82.6. The van der Waals surface area contributed by atoms with Crippen LogP contribution in [0.4, 0.5) is 4.79 Å². The van der Waals surface area contributed by atoms with Crippen molar-refractivity contribution in [2.45, 2.75) is 38.3 Å². The summed E-state index contributed by atoms with van der Waals surface area (Å²) in [7, 11) is 2.63. The van der Waals surface area contributed by atoms with Crippen molar-refractivity contribution in [3.05, 3.63) is 65.2 Å². The maximum Gasteiger partial charge on any atom is 0.535 e. The number of benzene rings is 2. The van der Waals surface area contributed by atoms with Gasteiger partial charge in [0.05, 0.1) is 27.2 Å². The van der Waals surface area contributed by atoms with Crippen molar-refractivity contribution in [3.8, 4) is 5.75 Å². The van der Waals surface area contributed by atoms with Gasteiger partial charge in [0.1, 0.15) is 24.4 Å². The van der Waals surface area contributed by atoms with Crippen molar-refractivity contribution in [2.75, 3.05) is 40.5 Å². The van der Waals surface area contributed by atoms with Crippen LogP contribution in [-0.4, -0.2) is 109 Å². The summed E-state index contributed by atoms with van der Waals surface area (Å²) < 4.78 is 14.7. The number of methoxy groups -OCH3 is 2. The molecule has 0 bridgehead atoms. The van der Waals surface area contributed by atoms with Crippen molar-refractivity contribution < 1.29 is 52.9 Å². The third-order valence-corrected chi connectivity index (χ3v) is 7.07. The van der Waals surface area contributed by atoms with Crippen LogP contribution in [-0.2, 0) is 39.9 Å². The summed E-state index contributed by atoms with van der Waals surface area (Å²) in [6.45, 7) is 1.18. The van der Waals surface area contributed by atoms with Crippen LogP contribution in [0.25, 0.3) is 0 Å². The highest BCUT2D eigenvalue weighted by molar-refractivity contribution is 6.01. The number of carbonyl (C=O) groups excluding carboxylic acids is 5. The molecule has 3 rings (SSSR count). The molecular weight excluding hydrogens is 618 g/mol. The summed E-state index contributed by atoms with van der Waals surface area (Å²) in [5.74, 6) is -3.64. The molecule has 3 amide bonds. The number of ether oxygens (including phenoxy) is 3. The van der Waals surface area contributed by atoms with E-state index < -0.39 is 60.9 Å². The third-order valence-electron chi connectivity index (χ3n) is 7.07. The molecule has 2 aromatic carbocycles. The van der Waals surface area contributed by atoms with Crippen LogP contribution in [0.15, 0.2) is 53.7 Å². The smallest absolute Gasteiger partial charge is 0.497 e. The van der Waals surface area contributed by atoms with Crippen molar-refractivity contribution >= 4 is 41.7 Å². The van der Waals surface area contributed by atoms with Crippen LogP contribution in [0.2, 0.25) is 0 Å². The van der Waals surface area contributed by atoms with Gasteiger partial charge in [0.25, 0.3) is 5.91 Å². The second kappa shape index (κ2) is 17.1. The highest BCUT2D eigenvalue weighted by Crippen LogP contribution is 2.20. The lowest BCUT2D eigenvalue weighted by Crippen LogP contribution is -2.63. The zero-order valence-corrected chi connectivity index (χ0v) is 26.2. The molecule has 1 fully saturated rings. The Bertz CT molecular complexity index is 1480. The minimum absolute atomic E-state index is 0.00615. The lowest BCUT2D eigenvalue weighted by Gasteiger charge is -2.41. The maximum atomic E-state index is 14.0. The lowest BCUT2D eigenvalue weighted by molar-refractivity contribution is -0.159. The molecule has 0 aromatic heterocycles. The quantitative estimate of drug-likeness (QED) is 0.0851. The zero-order chi connectivity index (χ0) is 34.5. The highest BCUT2D eigenvalue weighted by atomic mass is 16.8. The van der Waals surface area contributed by atoms with Gasteiger partial charge in [-0.1, -0.05) is 36.3 Å². The van der Waals surface area contributed by atoms with Crippen molar-refractivity contribution in [3.63, 3.8) is 0 Å². The van der Waals surface area contributed by atoms with E-state index in [9.17, 15) is 33.9 Å². The molecular formula is C31H37N5O11. The van der Waals surface area contributed by atoms with Gasteiger partial charge < -0.3 is 40.2 Å². The number of esters is 1. The normalized spacial score (nSPS) is 15.3. The Morgan fingerprint density at radius 2 is 1.68 bits per heavy atom. The number of carbonyl (C=O) groups is 6. The van der Waals surface area contributed by atoms with Crippen LogP contribution in [0.5, 0.6) is 5.75 Å². The first-order chi connectivity index (χ1) is 22.5. The molecule has 2 aromatic rings. The van der Waals surface area contributed by atoms with Gasteiger partial charge in [0, 0.05) is 30.6 Å². The highest BCUT2D eigenvalue weighted by Gasteiger charge is 2.42. The molecule has 4 N–H and O–H groups in total. The lowest BCUT2D eigenvalue weighted by atomic mass is 10.0. The molecule has 0 radical (unpaired) electrons. The first-order valence-electron chi connectivity index (χ1n) is 14.6. The summed E-state index contributed by atoms with van der Waals surface area (Å²) >= 11 is 0. The summed E-state index contributed by atoms with van der Waals surface area (Å²) in [6.07, 6.45) is -0.922. The van der Waals surface area contributed by atoms with E-state index in [0.717, 1.165) is 16.9 Å². The topological polar surface area (TPSA) is 216 Å². The van der Waals surface area contributed by atoms with E-state index >= 15 is 0 Å². The Morgan fingerprint density at radius 1 is 1.02 bits per heavy atom. The molecule has 1 heterocycles. The van der Waals surface area contributed by atoms with Gasteiger partial charge in [0.15, 0.2) is 5.84 Å². The summed E-state index contributed by atoms with van der Waals surface area (Å²) in [5.41, 5.74) is 7.01. The number of hydrogen-bond donors (Lipinski definition) is 3. The van der Waals surface area contributed by atoms with Crippen LogP contribution in [0, 0.1) is 0 Å². The number of carboxylic acids is 1. The molecule has 1 saturated heterocycles. The second-order valence-corrected chi connectivity index (χ2v) is 10.3. The Balaban J connectivity index is 1.86. The minimum atomic E-state index is -1.35. The number of rotatable bonds is 14. The van der Waals surface area contributed by atoms with E-state index in [4.69, 9.17) is 19.9 Å². The monoisotopic (exact) mass is 655 g/mol. The Hall–Kier alpha value is -5.67. The second-order valence-electron chi connectivity index (χ2n) is 10.3. The van der Waals surface area contributed by atoms with Crippen molar-refractivity contribution in [1.82, 2.24) is 15.1 Å². The van der Waals surface area contributed by atoms with Crippen molar-refractivity contribution in [2.24, 2.45) is 10.9 Å². The van der Waals surface area contributed by atoms with Gasteiger partial charge in [-0.3, -0.25) is 28.8 Å². The molecule has 1 aliphatic heterocycles. The fourth-order valence-electron chi connectivity index (χ4n) is 4.64. The number of hydrogen-bond acceptors (Lipinski definition) is 11.